The molecular weight excluding hydrogens is 280 g/mol. The van der Waals surface area contributed by atoms with E-state index in [4.69, 9.17) is 19.9 Å². The first-order chi connectivity index (χ1) is 10.7. The summed E-state index contributed by atoms with van der Waals surface area (Å²) in [6.45, 7) is 0.537. The summed E-state index contributed by atoms with van der Waals surface area (Å²) in [7, 11) is 4.88. The second-order valence-corrected chi connectivity index (χ2v) is 5.75. The van der Waals surface area contributed by atoms with Gasteiger partial charge in [0.15, 0.2) is 11.5 Å². The molecule has 2 rings (SSSR count). The Morgan fingerprint density at radius 3 is 2.09 bits per heavy atom. The van der Waals surface area contributed by atoms with Crippen LogP contribution in [0.25, 0.3) is 0 Å². The quantitative estimate of drug-likeness (QED) is 0.810. The Kier molecular flexibility index (Phi) is 6.34. The van der Waals surface area contributed by atoms with Gasteiger partial charge in [0.1, 0.15) is 0 Å². The molecule has 0 bridgehead atoms. The molecule has 22 heavy (non-hydrogen) atoms. The Hall–Kier alpha value is -1.46. The van der Waals surface area contributed by atoms with Crippen LogP contribution >= 0.6 is 0 Å². The van der Waals surface area contributed by atoms with Crippen molar-refractivity contribution in [3.8, 4) is 17.2 Å². The Morgan fingerprint density at radius 2 is 1.64 bits per heavy atom. The van der Waals surface area contributed by atoms with Crippen LogP contribution in [0.5, 0.6) is 17.2 Å². The maximum atomic E-state index is 6.00. The molecule has 1 atom stereocenters. The average Bonchev–Trinajstić information content (AvgIpc) is 2.59. The Balaban J connectivity index is 2.23. The zero-order valence-electron chi connectivity index (χ0n) is 13.9. The van der Waals surface area contributed by atoms with Gasteiger partial charge in [0.25, 0.3) is 0 Å². The van der Waals surface area contributed by atoms with Crippen LogP contribution in [0.2, 0.25) is 0 Å². The van der Waals surface area contributed by atoms with Crippen LogP contribution < -0.4 is 25.3 Å². The molecule has 1 unspecified atom stereocenters. The molecular formula is C17H28N2O3. The van der Waals surface area contributed by atoms with E-state index < -0.39 is 0 Å². The van der Waals surface area contributed by atoms with Crippen LogP contribution in [0, 0.1) is 0 Å². The molecule has 3 N–H and O–H groups in total. The maximum absolute atomic E-state index is 6.00. The van der Waals surface area contributed by atoms with Crippen molar-refractivity contribution in [2.45, 2.75) is 44.2 Å². The molecule has 0 heterocycles. The normalized spacial score (nSPS) is 17.1. The number of rotatable bonds is 7. The van der Waals surface area contributed by atoms with Gasteiger partial charge in [-0.15, -0.1) is 0 Å². The van der Waals surface area contributed by atoms with Gasteiger partial charge in [-0.25, -0.2) is 0 Å². The SMILES string of the molecule is COc1cc(C(CN)NC2CCCCC2)cc(OC)c1OC. The first kappa shape index (κ1) is 16.9. The fourth-order valence-electron chi connectivity index (χ4n) is 3.16. The number of nitrogens with two attached hydrogens (primary N) is 1. The van der Waals surface area contributed by atoms with Crippen LogP contribution in [-0.4, -0.2) is 33.9 Å². The van der Waals surface area contributed by atoms with Crippen molar-refractivity contribution in [2.75, 3.05) is 27.9 Å². The van der Waals surface area contributed by atoms with E-state index in [1.54, 1.807) is 21.3 Å². The van der Waals surface area contributed by atoms with E-state index in [0.717, 1.165) is 5.56 Å². The van der Waals surface area contributed by atoms with Gasteiger partial charge >= 0.3 is 0 Å². The molecule has 124 valence electrons. The second-order valence-electron chi connectivity index (χ2n) is 5.75. The molecule has 0 aromatic heterocycles. The van der Waals surface area contributed by atoms with E-state index in [0.29, 0.717) is 29.8 Å². The van der Waals surface area contributed by atoms with Crippen LogP contribution in [0.3, 0.4) is 0 Å². The van der Waals surface area contributed by atoms with Crippen LogP contribution in [-0.2, 0) is 0 Å². The predicted molar refractivity (Wildman–Crippen MR) is 87.9 cm³/mol. The Bertz CT molecular complexity index is 448. The highest BCUT2D eigenvalue weighted by Crippen LogP contribution is 2.39. The van der Waals surface area contributed by atoms with Crippen LogP contribution in [0.15, 0.2) is 12.1 Å². The van der Waals surface area contributed by atoms with E-state index in [-0.39, 0.29) is 6.04 Å². The number of hydrogen-bond donors (Lipinski definition) is 2. The van der Waals surface area contributed by atoms with E-state index in [9.17, 15) is 0 Å². The van der Waals surface area contributed by atoms with Crippen molar-refractivity contribution in [1.82, 2.24) is 5.32 Å². The molecule has 1 aliphatic rings. The second kappa shape index (κ2) is 8.25. The molecule has 0 aliphatic heterocycles. The third-order valence-electron chi connectivity index (χ3n) is 4.37. The van der Waals surface area contributed by atoms with Gasteiger partial charge in [-0.2, -0.15) is 0 Å². The Labute approximate surface area is 133 Å². The standard InChI is InChI=1S/C17H28N2O3/c1-20-15-9-12(10-16(21-2)17(15)22-3)14(11-18)19-13-7-5-4-6-8-13/h9-10,13-14,19H,4-8,11,18H2,1-3H3. The molecule has 1 saturated carbocycles. The van der Waals surface area contributed by atoms with Gasteiger partial charge in [0.2, 0.25) is 5.75 Å². The molecule has 1 aliphatic carbocycles. The molecule has 5 nitrogen and oxygen atoms in total. The highest BCUT2D eigenvalue weighted by Gasteiger charge is 2.21. The third-order valence-corrected chi connectivity index (χ3v) is 4.37. The van der Waals surface area contributed by atoms with E-state index in [1.165, 1.54) is 32.1 Å². The summed E-state index contributed by atoms with van der Waals surface area (Å²) >= 11 is 0. The lowest BCUT2D eigenvalue weighted by Crippen LogP contribution is -2.37. The molecule has 0 radical (unpaired) electrons. The minimum Gasteiger partial charge on any atom is -0.493 e. The van der Waals surface area contributed by atoms with Crippen molar-refractivity contribution in [2.24, 2.45) is 5.73 Å². The monoisotopic (exact) mass is 308 g/mol. The summed E-state index contributed by atoms with van der Waals surface area (Å²) in [5.74, 6) is 1.95. The predicted octanol–water partition coefficient (Wildman–Crippen LogP) is 2.63. The number of methoxy groups -OCH3 is 3. The summed E-state index contributed by atoms with van der Waals surface area (Å²) in [6, 6.07) is 4.60. The average molecular weight is 308 g/mol. The summed E-state index contributed by atoms with van der Waals surface area (Å²) in [6.07, 6.45) is 6.38. The third kappa shape index (κ3) is 3.84. The fraction of sp³-hybridized carbons (Fsp3) is 0.647. The molecule has 1 aromatic carbocycles. The molecule has 0 amide bonds. The first-order valence-electron chi connectivity index (χ1n) is 7.99. The highest BCUT2D eigenvalue weighted by atomic mass is 16.5. The lowest BCUT2D eigenvalue weighted by atomic mass is 9.94. The number of benzene rings is 1. The smallest absolute Gasteiger partial charge is 0.203 e. The highest BCUT2D eigenvalue weighted by molar-refractivity contribution is 5.54. The molecule has 0 saturated heterocycles. The van der Waals surface area contributed by atoms with Crippen molar-refractivity contribution in [1.29, 1.82) is 0 Å². The molecule has 5 heteroatoms. The number of ether oxygens (including phenoxy) is 3. The van der Waals surface area contributed by atoms with Crippen LogP contribution in [0.4, 0.5) is 0 Å². The molecule has 0 spiro atoms. The summed E-state index contributed by atoms with van der Waals surface area (Å²) in [5.41, 5.74) is 7.07. The first-order valence-corrected chi connectivity index (χ1v) is 7.99. The van der Waals surface area contributed by atoms with E-state index >= 15 is 0 Å². The van der Waals surface area contributed by atoms with Gasteiger partial charge in [0.05, 0.1) is 21.3 Å². The minimum atomic E-state index is 0.0943. The zero-order chi connectivity index (χ0) is 15.9. The Morgan fingerprint density at radius 1 is 1.05 bits per heavy atom. The summed E-state index contributed by atoms with van der Waals surface area (Å²) in [5, 5.41) is 3.69. The van der Waals surface area contributed by atoms with Crippen molar-refractivity contribution in [3.05, 3.63) is 17.7 Å². The largest absolute Gasteiger partial charge is 0.493 e. The fourth-order valence-corrected chi connectivity index (χ4v) is 3.16. The van der Waals surface area contributed by atoms with Gasteiger partial charge in [-0.1, -0.05) is 19.3 Å². The van der Waals surface area contributed by atoms with E-state index in [1.807, 2.05) is 12.1 Å². The summed E-state index contributed by atoms with van der Waals surface area (Å²) < 4.78 is 16.2. The summed E-state index contributed by atoms with van der Waals surface area (Å²) in [4.78, 5) is 0. The topological polar surface area (TPSA) is 65.7 Å². The lowest BCUT2D eigenvalue weighted by Gasteiger charge is -2.28. The van der Waals surface area contributed by atoms with Crippen molar-refractivity contribution >= 4 is 0 Å². The number of nitrogens with one attached hydrogen (secondary N) is 1. The van der Waals surface area contributed by atoms with Gasteiger partial charge in [-0.3, -0.25) is 0 Å². The van der Waals surface area contributed by atoms with Crippen molar-refractivity contribution < 1.29 is 14.2 Å². The van der Waals surface area contributed by atoms with Gasteiger partial charge < -0.3 is 25.3 Å². The maximum Gasteiger partial charge on any atom is 0.203 e. The van der Waals surface area contributed by atoms with E-state index in [2.05, 4.69) is 5.32 Å². The minimum absolute atomic E-state index is 0.0943. The van der Waals surface area contributed by atoms with Crippen molar-refractivity contribution in [3.63, 3.8) is 0 Å². The zero-order valence-corrected chi connectivity index (χ0v) is 13.9. The molecule has 1 aromatic rings. The lowest BCUT2D eigenvalue weighted by molar-refractivity contribution is 0.319. The van der Waals surface area contributed by atoms with Crippen LogP contribution in [0.1, 0.15) is 43.7 Å². The van der Waals surface area contributed by atoms with Gasteiger partial charge in [0, 0.05) is 18.6 Å². The van der Waals surface area contributed by atoms with Gasteiger partial charge in [-0.05, 0) is 30.5 Å². The molecule has 1 fully saturated rings. The number of hydrogen-bond acceptors (Lipinski definition) is 5.